The first-order chi connectivity index (χ1) is 18.1. The van der Waals surface area contributed by atoms with E-state index in [-0.39, 0.29) is 16.8 Å². The van der Waals surface area contributed by atoms with Crippen molar-refractivity contribution in [2.45, 2.75) is 20.3 Å². The van der Waals surface area contributed by atoms with E-state index in [0.717, 1.165) is 31.6 Å². The Balaban J connectivity index is 1.67. The van der Waals surface area contributed by atoms with Crippen LogP contribution in [0.15, 0.2) is 64.6 Å². The zero-order valence-corrected chi connectivity index (χ0v) is 22.8. The van der Waals surface area contributed by atoms with Crippen molar-refractivity contribution >= 4 is 51.5 Å². The highest BCUT2D eigenvalue weighted by Crippen LogP contribution is 2.33. The van der Waals surface area contributed by atoms with Crippen molar-refractivity contribution in [3.05, 3.63) is 98.0 Å². The van der Waals surface area contributed by atoms with E-state index < -0.39 is 23.8 Å². The Hall–Kier alpha value is -4.24. The number of halogens is 1. The molecule has 0 unspecified atom stereocenters. The van der Waals surface area contributed by atoms with Gasteiger partial charge < -0.3 is 9.47 Å². The number of anilines is 1. The van der Waals surface area contributed by atoms with Gasteiger partial charge in [0.25, 0.3) is 11.8 Å². The molecule has 3 aromatic rings. The van der Waals surface area contributed by atoms with Crippen LogP contribution in [0.5, 0.6) is 5.75 Å². The van der Waals surface area contributed by atoms with Crippen LogP contribution in [0.2, 0.25) is 0 Å². The van der Waals surface area contributed by atoms with Gasteiger partial charge in [-0.3, -0.25) is 14.9 Å². The molecule has 9 heteroatoms. The van der Waals surface area contributed by atoms with Crippen LogP contribution in [-0.4, -0.2) is 38.0 Å². The number of urea groups is 1. The largest absolute Gasteiger partial charge is 0.496 e. The maximum atomic E-state index is 13.3. The SMILES string of the molecule is COC(=O)c1ccc(N2C(=O)NC(=O)/C(=C\c3cc(Br)c(Cc4cc(C)cc(C)c4)c(OC)c3)C2=O)cc1. The summed E-state index contributed by atoms with van der Waals surface area (Å²) in [6.07, 6.45) is 2.03. The highest BCUT2D eigenvalue weighted by Gasteiger charge is 2.37. The van der Waals surface area contributed by atoms with E-state index in [1.54, 1.807) is 19.2 Å². The van der Waals surface area contributed by atoms with Crippen molar-refractivity contribution in [1.82, 2.24) is 5.32 Å². The number of ether oxygens (including phenoxy) is 2. The summed E-state index contributed by atoms with van der Waals surface area (Å²) in [6, 6.07) is 14.7. The summed E-state index contributed by atoms with van der Waals surface area (Å²) in [4.78, 5) is 51.0. The van der Waals surface area contributed by atoms with Crippen LogP contribution in [0.4, 0.5) is 10.5 Å². The first kappa shape index (κ1) is 26.8. The first-order valence-corrected chi connectivity index (χ1v) is 12.4. The van der Waals surface area contributed by atoms with E-state index in [1.165, 1.54) is 37.5 Å². The Morgan fingerprint density at radius 1 is 0.974 bits per heavy atom. The smallest absolute Gasteiger partial charge is 0.337 e. The standard InChI is InChI=1S/C29H25BrN2O6/c1-16-9-17(2)11-18(10-16)12-22-24(30)14-19(15-25(22)37-3)13-23-26(33)31-29(36)32(27(23)34)21-7-5-20(6-8-21)28(35)38-4/h5-11,13-15H,12H2,1-4H3,(H,31,33,36)/b23-13+. The Morgan fingerprint density at radius 2 is 1.63 bits per heavy atom. The Kier molecular flexibility index (Phi) is 7.78. The summed E-state index contributed by atoms with van der Waals surface area (Å²) < 4.78 is 11.1. The monoisotopic (exact) mass is 576 g/mol. The number of carbonyl (C=O) groups is 4. The van der Waals surface area contributed by atoms with Crippen LogP contribution in [0.1, 0.15) is 38.2 Å². The predicted molar refractivity (Wildman–Crippen MR) is 146 cm³/mol. The normalized spacial score (nSPS) is 14.5. The lowest BCUT2D eigenvalue weighted by Crippen LogP contribution is -2.54. The van der Waals surface area contributed by atoms with Crippen LogP contribution < -0.4 is 15.0 Å². The molecule has 0 saturated carbocycles. The average molecular weight is 577 g/mol. The van der Waals surface area contributed by atoms with Gasteiger partial charge in [-0.2, -0.15) is 0 Å². The van der Waals surface area contributed by atoms with E-state index in [2.05, 4.69) is 44.2 Å². The third-order valence-electron chi connectivity index (χ3n) is 6.02. The molecule has 3 aromatic carbocycles. The molecule has 194 valence electrons. The van der Waals surface area contributed by atoms with Gasteiger partial charge in [-0.15, -0.1) is 0 Å². The third kappa shape index (κ3) is 5.52. The average Bonchev–Trinajstić information content (AvgIpc) is 2.87. The third-order valence-corrected chi connectivity index (χ3v) is 6.73. The summed E-state index contributed by atoms with van der Waals surface area (Å²) in [5.74, 6) is -1.57. The number of hydrogen-bond donors (Lipinski definition) is 1. The lowest BCUT2D eigenvalue weighted by Gasteiger charge is -2.26. The van der Waals surface area contributed by atoms with Crippen LogP contribution >= 0.6 is 15.9 Å². The van der Waals surface area contributed by atoms with Gasteiger partial charge in [0, 0.05) is 16.5 Å². The molecule has 1 aliphatic heterocycles. The number of esters is 1. The van der Waals surface area contributed by atoms with Gasteiger partial charge >= 0.3 is 12.0 Å². The molecule has 1 fully saturated rings. The maximum absolute atomic E-state index is 13.3. The number of rotatable bonds is 6. The molecule has 0 aliphatic carbocycles. The van der Waals surface area contributed by atoms with Gasteiger partial charge in [-0.05, 0) is 67.4 Å². The fourth-order valence-electron chi connectivity index (χ4n) is 4.37. The summed E-state index contributed by atoms with van der Waals surface area (Å²) in [5, 5.41) is 2.20. The maximum Gasteiger partial charge on any atom is 0.337 e. The van der Waals surface area contributed by atoms with Crippen LogP contribution in [0.25, 0.3) is 6.08 Å². The Morgan fingerprint density at radius 3 is 2.24 bits per heavy atom. The molecule has 0 aromatic heterocycles. The van der Waals surface area contributed by atoms with Gasteiger partial charge in [0.15, 0.2) is 0 Å². The van der Waals surface area contributed by atoms with Crippen LogP contribution in [-0.2, 0) is 20.7 Å². The second-order valence-electron chi connectivity index (χ2n) is 8.85. The van der Waals surface area contributed by atoms with Crippen molar-refractivity contribution in [2.24, 2.45) is 0 Å². The van der Waals surface area contributed by atoms with E-state index in [9.17, 15) is 19.2 Å². The quantitative estimate of drug-likeness (QED) is 0.248. The van der Waals surface area contributed by atoms with E-state index in [0.29, 0.717) is 17.7 Å². The molecule has 0 spiro atoms. The minimum Gasteiger partial charge on any atom is -0.496 e. The highest BCUT2D eigenvalue weighted by molar-refractivity contribution is 9.10. The van der Waals surface area contributed by atoms with Crippen molar-refractivity contribution in [3.63, 3.8) is 0 Å². The number of hydrogen-bond acceptors (Lipinski definition) is 6. The number of nitrogens with zero attached hydrogens (tertiary/aromatic N) is 1. The van der Waals surface area contributed by atoms with Gasteiger partial charge in [0.05, 0.1) is 25.5 Å². The second kappa shape index (κ2) is 11.0. The van der Waals surface area contributed by atoms with Crippen molar-refractivity contribution in [2.75, 3.05) is 19.1 Å². The molecule has 38 heavy (non-hydrogen) atoms. The van der Waals surface area contributed by atoms with Gasteiger partial charge in [0.2, 0.25) is 0 Å². The number of methoxy groups -OCH3 is 2. The molecular weight excluding hydrogens is 552 g/mol. The van der Waals surface area contributed by atoms with Gasteiger partial charge in [0.1, 0.15) is 11.3 Å². The Labute approximate surface area is 228 Å². The molecule has 0 bridgehead atoms. The molecule has 1 heterocycles. The molecule has 4 rings (SSSR count). The fourth-order valence-corrected chi connectivity index (χ4v) is 4.97. The molecular formula is C29H25BrN2O6. The summed E-state index contributed by atoms with van der Waals surface area (Å²) in [5.41, 5.74) is 5.13. The number of barbiturate groups is 1. The number of amides is 4. The summed E-state index contributed by atoms with van der Waals surface area (Å²) in [6.45, 7) is 4.09. The number of carbonyl (C=O) groups excluding carboxylic acids is 4. The Bertz CT molecular complexity index is 1470. The van der Waals surface area contributed by atoms with Crippen molar-refractivity contribution in [1.29, 1.82) is 0 Å². The lowest BCUT2D eigenvalue weighted by atomic mass is 9.98. The minimum atomic E-state index is -0.884. The molecule has 1 N–H and O–H groups in total. The van der Waals surface area contributed by atoms with E-state index in [1.807, 2.05) is 13.8 Å². The fraction of sp³-hybridized carbons (Fsp3) is 0.172. The number of aryl methyl sites for hydroxylation is 2. The number of benzene rings is 3. The zero-order valence-electron chi connectivity index (χ0n) is 21.3. The van der Waals surface area contributed by atoms with Crippen molar-refractivity contribution in [3.8, 4) is 5.75 Å². The topological polar surface area (TPSA) is 102 Å². The summed E-state index contributed by atoms with van der Waals surface area (Å²) >= 11 is 3.61. The molecule has 0 radical (unpaired) electrons. The molecule has 4 amide bonds. The zero-order chi connectivity index (χ0) is 27.6. The number of nitrogens with one attached hydrogen (secondary N) is 1. The lowest BCUT2D eigenvalue weighted by molar-refractivity contribution is -0.122. The van der Waals surface area contributed by atoms with Gasteiger partial charge in [-0.25, -0.2) is 14.5 Å². The van der Waals surface area contributed by atoms with Crippen LogP contribution in [0.3, 0.4) is 0 Å². The highest BCUT2D eigenvalue weighted by atomic mass is 79.9. The van der Waals surface area contributed by atoms with E-state index >= 15 is 0 Å². The molecule has 8 nitrogen and oxygen atoms in total. The van der Waals surface area contributed by atoms with Crippen LogP contribution in [0, 0.1) is 13.8 Å². The predicted octanol–water partition coefficient (Wildman–Crippen LogP) is 5.12. The second-order valence-corrected chi connectivity index (χ2v) is 9.71. The molecule has 1 aliphatic rings. The first-order valence-electron chi connectivity index (χ1n) is 11.6. The summed E-state index contributed by atoms with van der Waals surface area (Å²) in [7, 11) is 2.81. The minimum absolute atomic E-state index is 0.195. The van der Waals surface area contributed by atoms with Crippen molar-refractivity contribution < 1.29 is 28.7 Å². The van der Waals surface area contributed by atoms with Gasteiger partial charge in [-0.1, -0.05) is 45.3 Å². The van der Waals surface area contributed by atoms with E-state index in [4.69, 9.17) is 4.74 Å². The number of imide groups is 2. The molecule has 0 atom stereocenters. The molecule has 1 saturated heterocycles.